The Morgan fingerprint density at radius 3 is 2.61 bits per heavy atom. The van der Waals surface area contributed by atoms with Crippen LogP contribution in [-0.4, -0.2) is 55.2 Å². The smallest absolute Gasteiger partial charge is 0.308 e. The van der Waals surface area contributed by atoms with Crippen molar-refractivity contribution in [2.24, 2.45) is 5.92 Å². The topological polar surface area (TPSA) is 67.9 Å². The molecule has 38 heavy (non-hydrogen) atoms. The van der Waals surface area contributed by atoms with E-state index in [9.17, 15) is 9.59 Å². The molecule has 5 rings (SSSR count). The monoisotopic (exact) mass is 558 g/mol. The molecule has 1 saturated heterocycles. The molecule has 1 N–H and O–H groups in total. The number of nitrogens with zero attached hydrogens (tertiary/aromatic N) is 1. The van der Waals surface area contributed by atoms with Crippen LogP contribution in [0.5, 0.6) is 5.75 Å². The first kappa shape index (κ1) is 27.4. The second kappa shape index (κ2) is 11.2. The number of esters is 1. The second-order valence-corrected chi connectivity index (χ2v) is 12.1. The second-order valence-electron chi connectivity index (χ2n) is 11.3. The maximum absolute atomic E-state index is 13.1. The lowest BCUT2D eigenvalue weighted by molar-refractivity contribution is -0.151. The minimum Gasteiger partial charge on any atom is -0.427 e. The summed E-state index contributed by atoms with van der Waals surface area (Å²) in [4.78, 5) is 27.4. The molecule has 8 heteroatoms. The summed E-state index contributed by atoms with van der Waals surface area (Å²) in [5, 5.41) is 4.23. The van der Waals surface area contributed by atoms with Gasteiger partial charge in [0.2, 0.25) is 5.91 Å². The van der Waals surface area contributed by atoms with Crippen LogP contribution in [0.3, 0.4) is 0 Å². The number of ether oxygens (including phenoxy) is 2. The van der Waals surface area contributed by atoms with Gasteiger partial charge in [-0.2, -0.15) is 0 Å². The summed E-state index contributed by atoms with van der Waals surface area (Å²) >= 11 is 12.2. The van der Waals surface area contributed by atoms with Gasteiger partial charge in [-0.15, -0.1) is 0 Å². The summed E-state index contributed by atoms with van der Waals surface area (Å²) in [5.74, 6) is 0.975. The number of rotatable bonds is 8. The van der Waals surface area contributed by atoms with Crippen LogP contribution in [0.15, 0.2) is 42.5 Å². The first-order valence-electron chi connectivity index (χ1n) is 13.5. The SMILES string of the molecule is COC12CC[C@@H](NC(=O)Cc3ccc(Cl)c(Cl)c3)CC1(c1cccc(OC(C)=O)c1)CCN(CC1CC1)C2. The van der Waals surface area contributed by atoms with Crippen molar-refractivity contribution >= 4 is 35.1 Å². The van der Waals surface area contributed by atoms with Crippen molar-refractivity contribution in [3.8, 4) is 5.75 Å². The zero-order chi connectivity index (χ0) is 26.9. The predicted octanol–water partition coefficient (Wildman–Crippen LogP) is 5.57. The quantitative estimate of drug-likeness (QED) is 0.339. The number of nitrogens with one attached hydrogen (secondary N) is 1. The molecule has 0 bridgehead atoms. The van der Waals surface area contributed by atoms with Gasteiger partial charge in [0, 0.05) is 38.6 Å². The zero-order valence-corrected chi connectivity index (χ0v) is 23.6. The summed E-state index contributed by atoms with van der Waals surface area (Å²) in [5.41, 5.74) is 1.22. The van der Waals surface area contributed by atoms with E-state index >= 15 is 0 Å². The molecule has 3 fully saturated rings. The number of hydrogen-bond donors (Lipinski definition) is 1. The molecule has 2 unspecified atom stereocenters. The van der Waals surface area contributed by atoms with Crippen LogP contribution in [0.1, 0.15) is 56.6 Å². The van der Waals surface area contributed by atoms with Crippen LogP contribution in [-0.2, 0) is 26.2 Å². The van der Waals surface area contributed by atoms with Crippen LogP contribution >= 0.6 is 23.2 Å². The van der Waals surface area contributed by atoms with E-state index in [0.717, 1.165) is 62.4 Å². The number of methoxy groups -OCH3 is 1. The highest BCUT2D eigenvalue weighted by Crippen LogP contribution is 2.54. The third-order valence-electron chi connectivity index (χ3n) is 8.66. The Hall–Kier alpha value is -2.12. The fraction of sp³-hybridized carbons (Fsp3) is 0.533. The molecule has 1 heterocycles. The lowest BCUT2D eigenvalue weighted by atomic mass is 9.55. The normalized spacial score (nSPS) is 27.4. The minimum absolute atomic E-state index is 0.000843. The van der Waals surface area contributed by atoms with Crippen molar-refractivity contribution in [1.29, 1.82) is 0 Å². The molecular weight excluding hydrogens is 523 g/mol. The molecule has 2 saturated carbocycles. The van der Waals surface area contributed by atoms with E-state index < -0.39 is 0 Å². The Labute approximate surface area is 235 Å². The van der Waals surface area contributed by atoms with Gasteiger partial charge in [-0.3, -0.25) is 9.59 Å². The maximum Gasteiger partial charge on any atom is 0.308 e. The van der Waals surface area contributed by atoms with Gasteiger partial charge in [-0.25, -0.2) is 0 Å². The van der Waals surface area contributed by atoms with Gasteiger partial charge >= 0.3 is 5.97 Å². The van der Waals surface area contributed by atoms with E-state index in [-0.39, 0.29) is 35.4 Å². The van der Waals surface area contributed by atoms with Crippen molar-refractivity contribution in [3.63, 3.8) is 0 Å². The summed E-state index contributed by atoms with van der Waals surface area (Å²) in [6.45, 7) is 4.38. The standard InChI is InChI=1S/C30H36Cl2N2O4/c1-20(35)38-25-5-3-4-23(16-25)29-12-13-34(18-21-6-7-21)19-30(29,37-2)11-10-24(17-29)33-28(36)15-22-8-9-26(31)27(32)14-22/h3-5,8-9,14,16,21,24H,6-7,10-13,15,17-19H2,1-2H3,(H,33,36)/t24-,29?,30?/m1/s1. The molecule has 6 nitrogen and oxygen atoms in total. The summed E-state index contributed by atoms with van der Waals surface area (Å²) in [6.07, 6.45) is 6.22. The molecule has 0 spiro atoms. The van der Waals surface area contributed by atoms with E-state index in [0.29, 0.717) is 15.8 Å². The molecule has 1 aliphatic heterocycles. The first-order valence-corrected chi connectivity index (χ1v) is 14.3. The van der Waals surface area contributed by atoms with Gasteiger partial charge in [-0.05, 0) is 86.4 Å². The van der Waals surface area contributed by atoms with Crippen molar-refractivity contribution < 1.29 is 19.1 Å². The Morgan fingerprint density at radius 1 is 1.08 bits per heavy atom. The summed E-state index contributed by atoms with van der Waals surface area (Å²) in [6, 6.07) is 13.2. The number of carbonyl (C=O) groups is 2. The number of carbonyl (C=O) groups excluding carboxylic acids is 2. The summed E-state index contributed by atoms with van der Waals surface area (Å²) < 4.78 is 11.9. The lowest BCUT2D eigenvalue weighted by Crippen LogP contribution is -2.68. The van der Waals surface area contributed by atoms with Gasteiger partial charge in [0.15, 0.2) is 0 Å². The molecule has 1 amide bonds. The number of benzene rings is 2. The van der Waals surface area contributed by atoms with E-state index in [1.807, 2.05) is 31.4 Å². The Balaban J connectivity index is 1.41. The van der Waals surface area contributed by atoms with Crippen molar-refractivity contribution in [2.75, 3.05) is 26.7 Å². The number of amides is 1. The maximum atomic E-state index is 13.1. The van der Waals surface area contributed by atoms with E-state index in [2.05, 4.69) is 16.3 Å². The predicted molar refractivity (Wildman–Crippen MR) is 149 cm³/mol. The molecule has 0 aromatic heterocycles. The van der Waals surface area contributed by atoms with Crippen LogP contribution in [0.2, 0.25) is 10.0 Å². The van der Waals surface area contributed by atoms with Gasteiger partial charge in [0.05, 0.1) is 22.1 Å². The van der Waals surface area contributed by atoms with Gasteiger partial charge < -0.3 is 19.7 Å². The number of hydrogen-bond acceptors (Lipinski definition) is 5. The van der Waals surface area contributed by atoms with Crippen LogP contribution in [0.4, 0.5) is 0 Å². The number of piperidine rings is 1. The number of halogens is 2. The van der Waals surface area contributed by atoms with Crippen LogP contribution in [0, 0.1) is 5.92 Å². The average molecular weight is 560 g/mol. The van der Waals surface area contributed by atoms with Gasteiger partial charge in [-0.1, -0.05) is 41.4 Å². The Kier molecular flexibility index (Phi) is 8.07. The third kappa shape index (κ3) is 5.74. The number of fused-ring (bicyclic) bond motifs is 1. The molecule has 3 atom stereocenters. The largest absolute Gasteiger partial charge is 0.427 e. The highest BCUT2D eigenvalue weighted by Gasteiger charge is 2.59. The Bertz CT molecular complexity index is 1200. The van der Waals surface area contributed by atoms with E-state index in [4.69, 9.17) is 32.7 Å². The third-order valence-corrected chi connectivity index (χ3v) is 9.40. The molecule has 0 radical (unpaired) electrons. The fourth-order valence-electron chi connectivity index (χ4n) is 6.67. The van der Waals surface area contributed by atoms with E-state index in [1.165, 1.54) is 19.8 Å². The molecule has 204 valence electrons. The number of likely N-dealkylation sites (tertiary alicyclic amines) is 1. The van der Waals surface area contributed by atoms with Gasteiger partial charge in [0.1, 0.15) is 5.75 Å². The Morgan fingerprint density at radius 2 is 1.89 bits per heavy atom. The van der Waals surface area contributed by atoms with E-state index in [1.54, 1.807) is 12.1 Å². The fourth-order valence-corrected chi connectivity index (χ4v) is 6.99. The molecule has 2 aromatic carbocycles. The molecule has 2 aromatic rings. The molecular formula is C30H36Cl2N2O4. The lowest BCUT2D eigenvalue weighted by Gasteiger charge is -2.60. The summed E-state index contributed by atoms with van der Waals surface area (Å²) in [7, 11) is 1.83. The average Bonchev–Trinajstić information content (AvgIpc) is 3.70. The highest BCUT2D eigenvalue weighted by atomic mass is 35.5. The zero-order valence-electron chi connectivity index (χ0n) is 22.1. The minimum atomic E-state index is -0.389. The highest BCUT2D eigenvalue weighted by molar-refractivity contribution is 6.42. The molecule has 2 aliphatic carbocycles. The van der Waals surface area contributed by atoms with Crippen molar-refractivity contribution in [3.05, 3.63) is 63.6 Å². The van der Waals surface area contributed by atoms with Crippen molar-refractivity contribution in [1.82, 2.24) is 10.2 Å². The van der Waals surface area contributed by atoms with Gasteiger partial charge in [0.25, 0.3) is 0 Å². The van der Waals surface area contributed by atoms with Crippen LogP contribution < -0.4 is 10.1 Å². The first-order chi connectivity index (χ1) is 18.2. The van der Waals surface area contributed by atoms with Crippen molar-refractivity contribution in [2.45, 2.75) is 68.9 Å². The van der Waals surface area contributed by atoms with Crippen LogP contribution in [0.25, 0.3) is 0 Å². The molecule has 3 aliphatic rings.